The maximum absolute atomic E-state index is 14.5. The van der Waals surface area contributed by atoms with Gasteiger partial charge in [-0.05, 0) is 62.4 Å². The van der Waals surface area contributed by atoms with Crippen LogP contribution in [0.2, 0.25) is 5.02 Å². The van der Waals surface area contributed by atoms with Crippen molar-refractivity contribution in [1.82, 2.24) is 9.97 Å². The molecule has 1 aromatic heterocycles. The maximum atomic E-state index is 14.5. The van der Waals surface area contributed by atoms with Crippen molar-refractivity contribution < 1.29 is 26.7 Å². The molecule has 0 radical (unpaired) electrons. The number of benzene rings is 3. The van der Waals surface area contributed by atoms with Crippen LogP contribution in [0.15, 0.2) is 54.6 Å². The van der Waals surface area contributed by atoms with E-state index in [1.54, 1.807) is 38.1 Å². The summed E-state index contributed by atoms with van der Waals surface area (Å²) in [5, 5.41) is 0.201. The first-order chi connectivity index (χ1) is 16.9. The van der Waals surface area contributed by atoms with Crippen molar-refractivity contribution in [3.05, 3.63) is 93.6 Å². The van der Waals surface area contributed by atoms with Crippen molar-refractivity contribution in [2.45, 2.75) is 25.6 Å². The molecule has 0 amide bonds. The Hall–Kier alpha value is -3.83. The van der Waals surface area contributed by atoms with Gasteiger partial charge in [-0.2, -0.15) is 13.2 Å². The van der Waals surface area contributed by atoms with Crippen LogP contribution in [-0.2, 0) is 11.8 Å². The van der Waals surface area contributed by atoms with Crippen LogP contribution in [0.3, 0.4) is 0 Å². The largest absolute Gasteiger partial charge is 0.481 e. The molecule has 2 heterocycles. The van der Waals surface area contributed by atoms with E-state index >= 15 is 0 Å². The number of hydrogen-bond acceptors (Lipinski definition) is 2. The van der Waals surface area contributed by atoms with Gasteiger partial charge >= 0.3 is 6.18 Å². The van der Waals surface area contributed by atoms with Gasteiger partial charge in [0, 0.05) is 11.1 Å². The third-order valence-corrected chi connectivity index (χ3v) is 6.06. The summed E-state index contributed by atoms with van der Waals surface area (Å²) in [4.78, 5) is 7.72. The van der Waals surface area contributed by atoms with Gasteiger partial charge in [0.2, 0.25) is 0 Å². The first-order valence-electron chi connectivity index (χ1n) is 10.7. The summed E-state index contributed by atoms with van der Waals surface area (Å²) in [6.45, 7) is 3.60. The number of ether oxygens (including phenoxy) is 1. The van der Waals surface area contributed by atoms with E-state index < -0.39 is 29.0 Å². The Balaban J connectivity index is 1.55. The van der Waals surface area contributed by atoms with E-state index in [2.05, 4.69) is 21.8 Å². The lowest BCUT2D eigenvalue weighted by atomic mass is 9.94. The van der Waals surface area contributed by atoms with Gasteiger partial charge in [0.15, 0.2) is 0 Å². The number of nitrogens with zero attached hydrogens (tertiary/aromatic N) is 1. The first-order valence-corrected chi connectivity index (χ1v) is 11.1. The van der Waals surface area contributed by atoms with E-state index in [9.17, 15) is 22.0 Å². The van der Waals surface area contributed by atoms with Crippen LogP contribution in [0, 0.1) is 23.5 Å². The van der Waals surface area contributed by atoms with Gasteiger partial charge in [-0.15, -0.1) is 0 Å². The van der Waals surface area contributed by atoms with Crippen LogP contribution < -0.4 is 4.74 Å². The average molecular weight is 515 g/mol. The summed E-state index contributed by atoms with van der Waals surface area (Å²) in [6.07, 6.45) is -4.61. The van der Waals surface area contributed by atoms with Gasteiger partial charge in [0.1, 0.15) is 28.8 Å². The van der Waals surface area contributed by atoms with Gasteiger partial charge in [0.05, 0.1) is 33.1 Å². The number of rotatable bonds is 1. The number of aromatic nitrogens is 2. The molecule has 182 valence electrons. The predicted octanol–water partition coefficient (Wildman–Crippen LogP) is 7.72. The lowest BCUT2D eigenvalue weighted by molar-refractivity contribution is -0.137. The lowest BCUT2D eigenvalue weighted by Crippen LogP contribution is -2.29. The third-order valence-electron chi connectivity index (χ3n) is 5.74. The van der Waals surface area contributed by atoms with Gasteiger partial charge < -0.3 is 9.72 Å². The Labute approximate surface area is 207 Å². The monoisotopic (exact) mass is 514 g/mol. The molecule has 1 N–H and O–H groups in total. The zero-order valence-electron chi connectivity index (χ0n) is 18.8. The van der Waals surface area contributed by atoms with Crippen LogP contribution in [0.1, 0.15) is 36.2 Å². The second-order valence-corrected chi connectivity index (χ2v) is 9.08. The number of aromatic amines is 1. The van der Waals surface area contributed by atoms with Crippen molar-refractivity contribution in [2.75, 3.05) is 0 Å². The first kappa shape index (κ1) is 23.9. The Kier molecular flexibility index (Phi) is 5.56. The van der Waals surface area contributed by atoms with Gasteiger partial charge in [-0.3, -0.25) is 0 Å². The molecule has 0 saturated heterocycles. The van der Waals surface area contributed by atoms with Crippen molar-refractivity contribution in [3.8, 4) is 40.2 Å². The fourth-order valence-electron chi connectivity index (χ4n) is 3.99. The summed E-state index contributed by atoms with van der Waals surface area (Å²) in [6, 6.07) is 11.3. The topological polar surface area (TPSA) is 37.9 Å². The average Bonchev–Trinajstić information content (AvgIpc) is 3.23. The summed E-state index contributed by atoms with van der Waals surface area (Å²) in [5.41, 5.74) is 0.0627. The summed E-state index contributed by atoms with van der Waals surface area (Å²) < 4.78 is 73.6. The van der Waals surface area contributed by atoms with Crippen molar-refractivity contribution in [2.24, 2.45) is 0 Å². The van der Waals surface area contributed by atoms with Crippen molar-refractivity contribution in [3.63, 3.8) is 0 Å². The molecule has 36 heavy (non-hydrogen) atoms. The fourth-order valence-corrected chi connectivity index (χ4v) is 4.24. The lowest BCUT2D eigenvalue weighted by Gasteiger charge is -2.31. The number of halogens is 6. The molecular formula is C27H16ClF5N2O. The smallest absolute Gasteiger partial charge is 0.416 e. The molecule has 3 aromatic carbocycles. The zero-order chi connectivity index (χ0) is 25.8. The molecule has 1 aliphatic rings. The minimum atomic E-state index is -4.61. The molecule has 0 spiro atoms. The predicted molar refractivity (Wildman–Crippen MR) is 125 cm³/mol. The maximum Gasteiger partial charge on any atom is 0.416 e. The van der Waals surface area contributed by atoms with Crippen molar-refractivity contribution in [1.29, 1.82) is 0 Å². The van der Waals surface area contributed by atoms with E-state index in [-0.39, 0.29) is 22.0 Å². The van der Waals surface area contributed by atoms with Crippen LogP contribution >= 0.6 is 11.6 Å². The molecule has 4 aromatic rings. The zero-order valence-corrected chi connectivity index (χ0v) is 19.6. The normalized spacial score (nSPS) is 13.8. The van der Waals surface area contributed by atoms with E-state index in [1.807, 2.05) is 0 Å². The van der Waals surface area contributed by atoms with Gasteiger partial charge in [-0.25, -0.2) is 13.8 Å². The van der Waals surface area contributed by atoms with E-state index in [1.165, 1.54) is 12.1 Å². The highest BCUT2D eigenvalue weighted by molar-refractivity contribution is 6.33. The third kappa shape index (κ3) is 4.20. The number of H-pyrrole nitrogens is 1. The summed E-state index contributed by atoms with van der Waals surface area (Å²) >= 11 is 6.22. The Morgan fingerprint density at radius 3 is 2.47 bits per heavy atom. The highest BCUT2D eigenvalue weighted by Gasteiger charge is 2.37. The highest BCUT2D eigenvalue weighted by atomic mass is 35.5. The van der Waals surface area contributed by atoms with Crippen LogP contribution in [0.25, 0.3) is 22.6 Å². The van der Waals surface area contributed by atoms with E-state index in [0.717, 1.165) is 6.07 Å². The molecule has 0 atom stereocenters. The quantitative estimate of drug-likeness (QED) is 0.208. The van der Waals surface area contributed by atoms with Crippen molar-refractivity contribution >= 4 is 11.6 Å². The molecule has 9 heteroatoms. The number of nitrogens with one attached hydrogen (secondary N) is 1. The molecule has 0 aliphatic carbocycles. The van der Waals surface area contributed by atoms with Crippen LogP contribution in [0.4, 0.5) is 22.0 Å². The second-order valence-electron chi connectivity index (χ2n) is 8.67. The second kappa shape index (κ2) is 8.38. The fraction of sp³-hybridized carbons (Fsp3) is 0.148. The van der Waals surface area contributed by atoms with Crippen LogP contribution in [-0.4, -0.2) is 9.97 Å². The van der Waals surface area contributed by atoms with Gasteiger partial charge in [-0.1, -0.05) is 29.5 Å². The van der Waals surface area contributed by atoms with Crippen LogP contribution in [0.5, 0.6) is 5.75 Å². The Morgan fingerprint density at radius 2 is 1.75 bits per heavy atom. The molecule has 0 bridgehead atoms. The van der Waals surface area contributed by atoms with E-state index in [4.69, 9.17) is 16.3 Å². The summed E-state index contributed by atoms with van der Waals surface area (Å²) in [5.74, 6) is 4.44. The minimum Gasteiger partial charge on any atom is -0.481 e. The van der Waals surface area contributed by atoms with E-state index in [0.29, 0.717) is 40.4 Å². The minimum absolute atomic E-state index is 0.136. The number of hydrogen-bond donors (Lipinski definition) is 1. The molecule has 5 rings (SSSR count). The SMILES string of the molecule is CC1(C)Oc2cc(C#Cc3cc(C(F)(F)F)ccc3F)ccc2-c2nc(-c3c(F)cccc3Cl)[nH]c21. The number of fused-ring (bicyclic) bond motifs is 3. The number of imidazole rings is 1. The molecular weight excluding hydrogens is 499 g/mol. The summed E-state index contributed by atoms with van der Waals surface area (Å²) in [7, 11) is 0. The molecule has 0 fully saturated rings. The molecule has 0 saturated carbocycles. The molecule has 3 nitrogen and oxygen atoms in total. The number of alkyl halides is 3. The highest BCUT2D eigenvalue weighted by Crippen LogP contribution is 2.45. The Morgan fingerprint density at radius 1 is 0.972 bits per heavy atom. The molecule has 0 unspecified atom stereocenters. The molecule has 1 aliphatic heterocycles. The van der Waals surface area contributed by atoms with Gasteiger partial charge in [0.25, 0.3) is 0 Å². The Bertz CT molecular complexity index is 1560. The standard InChI is InChI=1S/C27H16ClF5N2O/c1-26(2)24-23(34-25(35-24)22-18(28)4-3-5-20(22)30)17-10-7-14(12-21(17)36-26)6-8-15-13-16(27(31,32)33)9-11-19(15)29/h3-5,7,9-13H,1-2H3,(H,34,35).